The lowest BCUT2D eigenvalue weighted by atomic mass is 10.1. The van der Waals surface area contributed by atoms with Crippen molar-refractivity contribution < 1.29 is 18.0 Å². The number of alkyl halides is 3. The first-order chi connectivity index (χ1) is 6.36. The van der Waals surface area contributed by atoms with Crippen LogP contribution in [0.3, 0.4) is 0 Å². The van der Waals surface area contributed by atoms with Crippen LogP contribution in [-0.4, -0.2) is 6.29 Å². The summed E-state index contributed by atoms with van der Waals surface area (Å²) in [7, 11) is 0. The van der Waals surface area contributed by atoms with E-state index in [9.17, 15) is 18.0 Å². The predicted octanol–water partition coefficient (Wildman–Crippen LogP) is 1.33. The van der Waals surface area contributed by atoms with E-state index < -0.39 is 23.1 Å². The molecular weight excluding hydrogens is 197 g/mol. The second-order valence-electron chi connectivity index (χ2n) is 2.63. The van der Waals surface area contributed by atoms with Gasteiger partial charge in [-0.25, -0.2) is 0 Å². The van der Waals surface area contributed by atoms with Crippen LogP contribution < -0.4 is 11.5 Å². The molecule has 0 aliphatic rings. The SMILES string of the molecule is Nc1cc([C]=O)cc(N)c1C(F)(F)F. The van der Waals surface area contributed by atoms with Crippen LogP contribution in [0.25, 0.3) is 0 Å². The Kier molecular flexibility index (Phi) is 2.37. The second kappa shape index (κ2) is 3.21. The van der Waals surface area contributed by atoms with Crippen molar-refractivity contribution >= 4 is 17.7 Å². The van der Waals surface area contributed by atoms with E-state index in [1.165, 1.54) is 6.29 Å². The van der Waals surface area contributed by atoms with Gasteiger partial charge in [0.25, 0.3) is 0 Å². The molecule has 6 heteroatoms. The van der Waals surface area contributed by atoms with E-state index in [4.69, 9.17) is 11.5 Å². The molecule has 0 atom stereocenters. The number of anilines is 2. The van der Waals surface area contributed by atoms with Crippen molar-refractivity contribution in [3.63, 3.8) is 0 Å². The summed E-state index contributed by atoms with van der Waals surface area (Å²) in [6, 6.07) is 1.76. The van der Waals surface area contributed by atoms with Gasteiger partial charge in [0.05, 0.1) is 0 Å². The monoisotopic (exact) mass is 203 g/mol. The van der Waals surface area contributed by atoms with E-state index in [0.29, 0.717) is 0 Å². The number of nitrogen functional groups attached to an aromatic ring is 2. The van der Waals surface area contributed by atoms with Gasteiger partial charge in [-0.05, 0) is 12.1 Å². The van der Waals surface area contributed by atoms with E-state index >= 15 is 0 Å². The quantitative estimate of drug-likeness (QED) is 0.676. The van der Waals surface area contributed by atoms with Gasteiger partial charge >= 0.3 is 6.18 Å². The van der Waals surface area contributed by atoms with Crippen LogP contribution in [0.1, 0.15) is 11.1 Å². The molecule has 1 rings (SSSR count). The lowest BCUT2D eigenvalue weighted by Gasteiger charge is -2.12. The summed E-state index contributed by atoms with van der Waals surface area (Å²) < 4.78 is 36.9. The fraction of sp³-hybridized carbons (Fsp3) is 0.125. The molecule has 0 heterocycles. The summed E-state index contributed by atoms with van der Waals surface area (Å²) in [6.07, 6.45) is -3.21. The minimum atomic E-state index is -4.62. The highest BCUT2D eigenvalue weighted by Crippen LogP contribution is 2.37. The van der Waals surface area contributed by atoms with Crippen molar-refractivity contribution in [2.75, 3.05) is 11.5 Å². The van der Waals surface area contributed by atoms with Gasteiger partial charge in [-0.2, -0.15) is 13.2 Å². The van der Waals surface area contributed by atoms with Crippen LogP contribution in [0.5, 0.6) is 0 Å². The molecule has 4 N–H and O–H groups in total. The van der Waals surface area contributed by atoms with Crippen LogP contribution in [0, 0.1) is 0 Å². The maximum absolute atomic E-state index is 12.3. The molecule has 0 saturated heterocycles. The molecule has 0 spiro atoms. The maximum atomic E-state index is 12.3. The second-order valence-corrected chi connectivity index (χ2v) is 2.63. The van der Waals surface area contributed by atoms with Gasteiger partial charge in [-0.3, -0.25) is 4.79 Å². The van der Waals surface area contributed by atoms with Crippen molar-refractivity contribution in [2.45, 2.75) is 6.18 Å². The highest BCUT2D eigenvalue weighted by atomic mass is 19.4. The largest absolute Gasteiger partial charge is 0.420 e. The summed E-state index contributed by atoms with van der Waals surface area (Å²) in [4.78, 5) is 10.2. The number of nitrogens with two attached hydrogens (primary N) is 2. The molecular formula is C8H6F3N2O. The molecule has 14 heavy (non-hydrogen) atoms. The fourth-order valence-electron chi connectivity index (χ4n) is 1.07. The summed E-state index contributed by atoms with van der Waals surface area (Å²) >= 11 is 0. The molecule has 0 aliphatic carbocycles. The first kappa shape index (κ1) is 10.4. The minimum Gasteiger partial charge on any atom is -0.398 e. The zero-order valence-electron chi connectivity index (χ0n) is 6.85. The van der Waals surface area contributed by atoms with Gasteiger partial charge < -0.3 is 11.5 Å². The molecule has 1 aromatic carbocycles. The van der Waals surface area contributed by atoms with Crippen molar-refractivity contribution in [1.82, 2.24) is 0 Å². The van der Waals surface area contributed by atoms with Crippen molar-refractivity contribution in [2.24, 2.45) is 0 Å². The first-order valence-corrected chi connectivity index (χ1v) is 3.50. The lowest BCUT2D eigenvalue weighted by molar-refractivity contribution is -0.136. The highest BCUT2D eigenvalue weighted by molar-refractivity contribution is 5.81. The molecule has 0 aromatic heterocycles. The van der Waals surface area contributed by atoms with Crippen LogP contribution in [0.15, 0.2) is 12.1 Å². The summed E-state index contributed by atoms with van der Waals surface area (Å²) in [5.74, 6) is 0. The molecule has 0 fully saturated rings. The Hall–Kier alpha value is -1.72. The van der Waals surface area contributed by atoms with Crippen LogP contribution in [0.4, 0.5) is 24.5 Å². The Morgan fingerprint density at radius 1 is 1.14 bits per heavy atom. The minimum absolute atomic E-state index is 0.104. The average molecular weight is 203 g/mol. The van der Waals surface area contributed by atoms with E-state index in [1.54, 1.807) is 0 Å². The normalized spacial score (nSPS) is 11.4. The van der Waals surface area contributed by atoms with Gasteiger partial charge in [-0.1, -0.05) is 0 Å². The number of hydrogen-bond donors (Lipinski definition) is 2. The third kappa shape index (κ3) is 1.78. The van der Waals surface area contributed by atoms with E-state index in [-0.39, 0.29) is 5.56 Å². The standard InChI is InChI=1S/C8H6F3N2O/c9-8(10,11)7-5(12)1-4(3-14)2-6(7)13/h1-2H,12-13H2. The van der Waals surface area contributed by atoms with Crippen molar-refractivity contribution in [3.05, 3.63) is 23.3 Å². The van der Waals surface area contributed by atoms with Gasteiger partial charge in [0.15, 0.2) is 0 Å². The molecule has 1 radical (unpaired) electrons. The lowest BCUT2D eigenvalue weighted by Crippen LogP contribution is -2.12. The molecule has 1 aromatic rings. The van der Waals surface area contributed by atoms with Gasteiger partial charge in [0, 0.05) is 16.9 Å². The Morgan fingerprint density at radius 2 is 1.57 bits per heavy atom. The number of hydrogen-bond acceptors (Lipinski definition) is 3. The summed E-state index contributed by atoms with van der Waals surface area (Å²) in [5.41, 5.74) is 7.85. The van der Waals surface area contributed by atoms with Gasteiger partial charge in [0.1, 0.15) is 5.56 Å². The molecule has 0 saturated carbocycles. The van der Waals surface area contributed by atoms with Crippen molar-refractivity contribution in [1.29, 1.82) is 0 Å². The highest BCUT2D eigenvalue weighted by Gasteiger charge is 2.35. The Morgan fingerprint density at radius 3 is 1.86 bits per heavy atom. The fourth-order valence-corrected chi connectivity index (χ4v) is 1.07. The van der Waals surface area contributed by atoms with Crippen LogP contribution >= 0.6 is 0 Å². The zero-order chi connectivity index (χ0) is 10.9. The molecule has 0 amide bonds. The predicted molar refractivity (Wildman–Crippen MR) is 45.1 cm³/mol. The number of rotatable bonds is 1. The van der Waals surface area contributed by atoms with Crippen LogP contribution in [0.2, 0.25) is 0 Å². The van der Waals surface area contributed by atoms with E-state index in [0.717, 1.165) is 12.1 Å². The Bertz CT molecular complexity index is 350. The molecule has 0 bridgehead atoms. The molecule has 0 aliphatic heterocycles. The molecule has 0 unspecified atom stereocenters. The first-order valence-electron chi connectivity index (χ1n) is 3.50. The van der Waals surface area contributed by atoms with E-state index in [2.05, 4.69) is 0 Å². The Balaban J connectivity index is 3.40. The Labute approximate surface area is 77.5 Å². The molecule has 75 valence electrons. The average Bonchev–Trinajstić information content (AvgIpc) is 1.99. The molecule has 3 nitrogen and oxygen atoms in total. The van der Waals surface area contributed by atoms with Gasteiger partial charge in [-0.15, -0.1) is 0 Å². The van der Waals surface area contributed by atoms with E-state index in [1.807, 2.05) is 0 Å². The zero-order valence-corrected chi connectivity index (χ0v) is 6.85. The number of halogens is 3. The topological polar surface area (TPSA) is 69.1 Å². The number of carbonyl (C=O) groups excluding carboxylic acids is 1. The summed E-state index contributed by atoms with van der Waals surface area (Å²) in [5, 5.41) is 0. The van der Waals surface area contributed by atoms with Crippen LogP contribution in [-0.2, 0) is 11.0 Å². The van der Waals surface area contributed by atoms with Crippen molar-refractivity contribution in [3.8, 4) is 0 Å². The van der Waals surface area contributed by atoms with Gasteiger partial charge in [0.2, 0.25) is 6.29 Å². The third-order valence-electron chi connectivity index (χ3n) is 1.60. The smallest absolute Gasteiger partial charge is 0.398 e. The third-order valence-corrected chi connectivity index (χ3v) is 1.60. The maximum Gasteiger partial charge on any atom is 0.420 e. The summed E-state index contributed by atoms with van der Waals surface area (Å²) in [6.45, 7) is 0. The number of benzene rings is 1.